The van der Waals surface area contributed by atoms with Gasteiger partial charge in [-0.2, -0.15) is 4.98 Å². The second-order valence-electron chi connectivity index (χ2n) is 6.07. The molecule has 0 aromatic carbocycles. The lowest BCUT2D eigenvalue weighted by Crippen LogP contribution is -2.19. The third kappa shape index (κ3) is 4.06. The summed E-state index contributed by atoms with van der Waals surface area (Å²) in [7, 11) is 0. The average Bonchev–Trinajstić information content (AvgIpc) is 2.70. The molecule has 0 amide bonds. The smallest absolute Gasteiger partial charge is 0.224 e. The van der Waals surface area contributed by atoms with Crippen LogP contribution in [-0.4, -0.2) is 22.6 Å². The van der Waals surface area contributed by atoms with Gasteiger partial charge in [-0.05, 0) is 47.0 Å². The minimum atomic E-state index is 0.445. The van der Waals surface area contributed by atoms with Gasteiger partial charge in [0.15, 0.2) is 0 Å². The molecule has 4 nitrogen and oxygen atoms in total. The Bertz CT molecular complexity index is 433. The van der Waals surface area contributed by atoms with E-state index in [-0.39, 0.29) is 0 Å². The molecule has 19 heavy (non-hydrogen) atoms. The lowest BCUT2D eigenvalue weighted by molar-refractivity contribution is 0.378. The van der Waals surface area contributed by atoms with E-state index in [2.05, 4.69) is 57.3 Å². The molecule has 1 saturated carbocycles. The van der Waals surface area contributed by atoms with Crippen molar-refractivity contribution in [3.05, 3.63) is 10.7 Å². The van der Waals surface area contributed by atoms with Gasteiger partial charge in [0.2, 0.25) is 5.95 Å². The molecule has 1 fully saturated rings. The molecule has 1 aromatic rings. The molecule has 1 aliphatic carbocycles. The fourth-order valence-corrected chi connectivity index (χ4v) is 2.85. The summed E-state index contributed by atoms with van der Waals surface area (Å²) in [6.45, 7) is 7.69. The van der Waals surface area contributed by atoms with Gasteiger partial charge in [0, 0.05) is 18.8 Å². The van der Waals surface area contributed by atoms with Gasteiger partial charge in [-0.25, -0.2) is 4.98 Å². The Labute approximate surface area is 123 Å². The Morgan fingerprint density at radius 1 is 1.47 bits per heavy atom. The predicted molar refractivity (Wildman–Crippen MR) is 83.6 cm³/mol. The number of anilines is 2. The maximum absolute atomic E-state index is 4.54. The third-order valence-corrected chi connectivity index (χ3v) is 4.17. The molecule has 5 heteroatoms. The standard InChI is InChI=1S/C14H23BrN4/c1-4-7-16-13-17-9-11(15)12(19-13)18-10-5-6-14(2,3)8-10/h9-10H,4-8H2,1-3H3,(H2,16,17,18,19). The number of nitrogens with zero attached hydrogens (tertiary/aromatic N) is 2. The largest absolute Gasteiger partial charge is 0.366 e. The minimum absolute atomic E-state index is 0.445. The summed E-state index contributed by atoms with van der Waals surface area (Å²) in [4.78, 5) is 8.81. The number of halogens is 1. The molecule has 1 atom stereocenters. The normalized spacial score (nSPS) is 21.4. The Morgan fingerprint density at radius 2 is 2.26 bits per heavy atom. The van der Waals surface area contributed by atoms with Crippen molar-refractivity contribution in [2.45, 2.75) is 52.5 Å². The van der Waals surface area contributed by atoms with Gasteiger partial charge in [-0.15, -0.1) is 0 Å². The average molecular weight is 327 g/mol. The highest BCUT2D eigenvalue weighted by atomic mass is 79.9. The van der Waals surface area contributed by atoms with E-state index in [1.54, 1.807) is 0 Å². The summed E-state index contributed by atoms with van der Waals surface area (Å²) in [6.07, 6.45) is 6.56. The van der Waals surface area contributed by atoms with Crippen LogP contribution in [0.3, 0.4) is 0 Å². The van der Waals surface area contributed by atoms with Crippen molar-refractivity contribution < 1.29 is 0 Å². The molecule has 0 bridgehead atoms. The topological polar surface area (TPSA) is 49.8 Å². The first kappa shape index (κ1) is 14.6. The molecule has 2 N–H and O–H groups in total. The molecule has 0 spiro atoms. The van der Waals surface area contributed by atoms with Crippen molar-refractivity contribution in [3.63, 3.8) is 0 Å². The first-order chi connectivity index (χ1) is 9.00. The third-order valence-electron chi connectivity index (χ3n) is 3.59. The fraction of sp³-hybridized carbons (Fsp3) is 0.714. The van der Waals surface area contributed by atoms with Gasteiger partial charge < -0.3 is 10.6 Å². The molecular formula is C14H23BrN4. The van der Waals surface area contributed by atoms with E-state index in [4.69, 9.17) is 0 Å². The van der Waals surface area contributed by atoms with Crippen LogP contribution in [0.4, 0.5) is 11.8 Å². The van der Waals surface area contributed by atoms with E-state index in [0.717, 1.165) is 23.3 Å². The van der Waals surface area contributed by atoms with Crippen LogP contribution in [0.1, 0.15) is 46.5 Å². The van der Waals surface area contributed by atoms with E-state index in [9.17, 15) is 0 Å². The van der Waals surface area contributed by atoms with Crippen LogP contribution in [0.2, 0.25) is 0 Å². The molecule has 106 valence electrons. The summed E-state index contributed by atoms with van der Waals surface area (Å²) in [5.74, 6) is 1.60. The molecule has 1 unspecified atom stereocenters. The summed E-state index contributed by atoms with van der Waals surface area (Å²) in [6, 6.07) is 0.514. The maximum atomic E-state index is 4.54. The van der Waals surface area contributed by atoms with Crippen LogP contribution < -0.4 is 10.6 Å². The quantitative estimate of drug-likeness (QED) is 0.856. The highest BCUT2D eigenvalue weighted by molar-refractivity contribution is 9.10. The van der Waals surface area contributed by atoms with Crippen molar-refractivity contribution in [2.24, 2.45) is 5.41 Å². The van der Waals surface area contributed by atoms with Crippen molar-refractivity contribution in [1.82, 2.24) is 9.97 Å². The molecule has 2 rings (SSSR count). The van der Waals surface area contributed by atoms with Crippen molar-refractivity contribution in [1.29, 1.82) is 0 Å². The second-order valence-corrected chi connectivity index (χ2v) is 6.92. The highest BCUT2D eigenvalue weighted by Gasteiger charge is 2.31. The Hall–Kier alpha value is -0.840. The zero-order valence-corrected chi connectivity index (χ0v) is 13.5. The SMILES string of the molecule is CCCNc1ncc(Br)c(NC2CCC(C)(C)C2)n1. The molecule has 0 saturated heterocycles. The zero-order valence-electron chi connectivity index (χ0n) is 12.0. The summed E-state index contributed by atoms with van der Waals surface area (Å²) in [5.41, 5.74) is 0.445. The number of hydrogen-bond acceptors (Lipinski definition) is 4. The van der Waals surface area contributed by atoms with Crippen molar-refractivity contribution >= 4 is 27.7 Å². The van der Waals surface area contributed by atoms with E-state index < -0.39 is 0 Å². The number of aromatic nitrogens is 2. The highest BCUT2D eigenvalue weighted by Crippen LogP contribution is 2.38. The van der Waals surface area contributed by atoms with Crippen LogP contribution >= 0.6 is 15.9 Å². The van der Waals surface area contributed by atoms with E-state index in [0.29, 0.717) is 17.4 Å². The summed E-state index contributed by atoms with van der Waals surface area (Å²) < 4.78 is 0.930. The molecule has 1 aliphatic rings. The predicted octanol–water partition coefficient (Wildman–Crippen LogP) is 4.05. The van der Waals surface area contributed by atoms with Gasteiger partial charge >= 0.3 is 0 Å². The van der Waals surface area contributed by atoms with Gasteiger partial charge in [-0.3, -0.25) is 0 Å². The van der Waals surface area contributed by atoms with Crippen molar-refractivity contribution in [2.75, 3.05) is 17.2 Å². The lowest BCUT2D eigenvalue weighted by atomic mass is 9.92. The van der Waals surface area contributed by atoms with Crippen LogP contribution in [0.25, 0.3) is 0 Å². The second kappa shape index (κ2) is 6.07. The Balaban J connectivity index is 2.03. The van der Waals surface area contributed by atoms with E-state index in [1.165, 1.54) is 19.3 Å². The van der Waals surface area contributed by atoms with Crippen LogP contribution in [0, 0.1) is 5.41 Å². The maximum Gasteiger partial charge on any atom is 0.224 e. The molecule has 1 aromatic heterocycles. The fourth-order valence-electron chi connectivity index (χ4n) is 2.54. The minimum Gasteiger partial charge on any atom is -0.366 e. The van der Waals surface area contributed by atoms with Gasteiger partial charge in [0.05, 0.1) is 4.47 Å². The van der Waals surface area contributed by atoms with Crippen LogP contribution in [0.5, 0.6) is 0 Å². The monoisotopic (exact) mass is 326 g/mol. The zero-order chi connectivity index (χ0) is 13.9. The van der Waals surface area contributed by atoms with E-state index >= 15 is 0 Å². The molecule has 0 aliphatic heterocycles. The Morgan fingerprint density at radius 3 is 2.89 bits per heavy atom. The van der Waals surface area contributed by atoms with E-state index in [1.807, 2.05) is 6.20 Å². The first-order valence-electron chi connectivity index (χ1n) is 7.03. The number of nitrogens with one attached hydrogen (secondary N) is 2. The van der Waals surface area contributed by atoms with Crippen molar-refractivity contribution in [3.8, 4) is 0 Å². The number of hydrogen-bond donors (Lipinski definition) is 2. The first-order valence-corrected chi connectivity index (χ1v) is 7.82. The van der Waals surface area contributed by atoms with Gasteiger partial charge in [-0.1, -0.05) is 20.8 Å². The molecule has 1 heterocycles. The van der Waals surface area contributed by atoms with Crippen LogP contribution in [-0.2, 0) is 0 Å². The van der Waals surface area contributed by atoms with Gasteiger partial charge in [0.25, 0.3) is 0 Å². The lowest BCUT2D eigenvalue weighted by Gasteiger charge is -2.19. The van der Waals surface area contributed by atoms with Crippen LogP contribution in [0.15, 0.2) is 10.7 Å². The molecule has 0 radical (unpaired) electrons. The number of rotatable bonds is 5. The Kier molecular flexibility index (Phi) is 4.66. The summed E-state index contributed by atoms with van der Waals surface area (Å²) >= 11 is 3.52. The van der Waals surface area contributed by atoms with Gasteiger partial charge in [0.1, 0.15) is 5.82 Å². The summed E-state index contributed by atoms with van der Waals surface area (Å²) in [5, 5.41) is 6.76. The molecular weight excluding hydrogens is 304 g/mol.